The lowest BCUT2D eigenvalue weighted by Gasteiger charge is -2.33. The van der Waals surface area contributed by atoms with Crippen LogP contribution in [0.1, 0.15) is 43.1 Å². The van der Waals surface area contributed by atoms with Gasteiger partial charge in [0.2, 0.25) is 0 Å². The third-order valence-electron chi connectivity index (χ3n) is 5.22. The first-order valence-electron chi connectivity index (χ1n) is 9.82. The molecule has 1 aromatic carbocycles. The van der Waals surface area contributed by atoms with E-state index in [2.05, 4.69) is 22.1 Å². The fourth-order valence-electron chi connectivity index (χ4n) is 3.54. The van der Waals surface area contributed by atoms with Gasteiger partial charge in [-0.25, -0.2) is 4.98 Å². The molecule has 0 saturated carbocycles. The van der Waals surface area contributed by atoms with Crippen molar-refractivity contribution in [1.29, 1.82) is 0 Å². The van der Waals surface area contributed by atoms with Gasteiger partial charge in [-0.05, 0) is 50.9 Å². The second-order valence-electron chi connectivity index (χ2n) is 7.10. The Morgan fingerprint density at radius 2 is 2.11 bits per heavy atom. The first-order valence-corrected chi connectivity index (χ1v) is 10.7. The maximum Gasteiger partial charge on any atom is 0.270 e. The molecule has 0 aliphatic carbocycles. The van der Waals surface area contributed by atoms with Crippen molar-refractivity contribution in [2.24, 2.45) is 0 Å². The van der Waals surface area contributed by atoms with Crippen LogP contribution < -0.4 is 14.8 Å². The Bertz CT molecular complexity index is 793. The number of amides is 1. The molecule has 0 radical (unpaired) electrons. The molecule has 1 atom stereocenters. The Balaban J connectivity index is 1.52. The summed E-state index contributed by atoms with van der Waals surface area (Å²) in [6, 6.07) is 6.30. The van der Waals surface area contributed by atoms with E-state index in [-0.39, 0.29) is 5.91 Å². The Labute approximate surface area is 170 Å². The minimum Gasteiger partial charge on any atom is -0.493 e. The van der Waals surface area contributed by atoms with Crippen LogP contribution in [0.5, 0.6) is 11.5 Å². The van der Waals surface area contributed by atoms with Crippen molar-refractivity contribution in [3.8, 4) is 22.1 Å². The van der Waals surface area contributed by atoms with Gasteiger partial charge in [0.25, 0.3) is 5.91 Å². The molecule has 0 spiro atoms. The Morgan fingerprint density at radius 3 is 2.86 bits per heavy atom. The SMILES string of the molecule is COc1ccc(-c2nc(C(=O)NCCCN3CCCC[C@@H]3C)cs2)cc1OC. The maximum atomic E-state index is 12.4. The molecular weight excluding hydrogens is 374 g/mol. The normalized spacial score (nSPS) is 17.3. The molecule has 1 aromatic heterocycles. The van der Waals surface area contributed by atoms with Gasteiger partial charge in [0.15, 0.2) is 11.5 Å². The van der Waals surface area contributed by atoms with Crippen molar-refractivity contribution >= 4 is 17.2 Å². The summed E-state index contributed by atoms with van der Waals surface area (Å²) < 4.78 is 10.6. The highest BCUT2D eigenvalue weighted by molar-refractivity contribution is 7.13. The molecule has 1 saturated heterocycles. The molecule has 1 aliphatic heterocycles. The summed E-state index contributed by atoms with van der Waals surface area (Å²) in [7, 11) is 3.21. The lowest BCUT2D eigenvalue weighted by atomic mass is 10.0. The first kappa shape index (κ1) is 20.6. The van der Waals surface area contributed by atoms with E-state index in [1.54, 1.807) is 19.6 Å². The predicted molar refractivity (Wildman–Crippen MR) is 112 cm³/mol. The fraction of sp³-hybridized carbons (Fsp3) is 0.524. The summed E-state index contributed by atoms with van der Waals surface area (Å²) in [4.78, 5) is 19.4. The molecule has 1 fully saturated rings. The topological polar surface area (TPSA) is 63.7 Å². The summed E-state index contributed by atoms with van der Waals surface area (Å²) in [5.74, 6) is 1.20. The van der Waals surface area contributed by atoms with E-state index < -0.39 is 0 Å². The molecule has 2 heterocycles. The van der Waals surface area contributed by atoms with Gasteiger partial charge in [0.05, 0.1) is 14.2 Å². The number of benzene rings is 1. The molecule has 1 N–H and O–H groups in total. The van der Waals surface area contributed by atoms with Crippen LogP contribution in [0.4, 0.5) is 0 Å². The Kier molecular flexibility index (Phi) is 7.28. The highest BCUT2D eigenvalue weighted by atomic mass is 32.1. The van der Waals surface area contributed by atoms with Crippen LogP contribution in [-0.4, -0.2) is 55.7 Å². The largest absolute Gasteiger partial charge is 0.493 e. The van der Waals surface area contributed by atoms with Gasteiger partial charge in [-0.1, -0.05) is 6.42 Å². The van der Waals surface area contributed by atoms with Crippen LogP contribution in [0, 0.1) is 0 Å². The van der Waals surface area contributed by atoms with Crippen LogP contribution in [0.15, 0.2) is 23.6 Å². The predicted octanol–water partition coefficient (Wildman–Crippen LogP) is 3.82. The highest BCUT2D eigenvalue weighted by Crippen LogP contribution is 2.33. The summed E-state index contributed by atoms with van der Waals surface area (Å²) >= 11 is 1.45. The van der Waals surface area contributed by atoms with Crippen LogP contribution >= 0.6 is 11.3 Å². The molecule has 6 nitrogen and oxygen atoms in total. The van der Waals surface area contributed by atoms with E-state index in [1.165, 1.54) is 37.1 Å². The number of carbonyl (C=O) groups is 1. The number of nitrogens with one attached hydrogen (secondary N) is 1. The number of methoxy groups -OCH3 is 2. The quantitative estimate of drug-likeness (QED) is 0.679. The zero-order chi connectivity index (χ0) is 19.9. The second kappa shape index (κ2) is 9.89. The van der Waals surface area contributed by atoms with Crippen LogP contribution in [-0.2, 0) is 0 Å². The molecule has 2 aromatic rings. The third-order valence-corrected chi connectivity index (χ3v) is 6.11. The van der Waals surface area contributed by atoms with Crippen molar-refractivity contribution in [2.45, 2.75) is 38.6 Å². The molecule has 1 aliphatic rings. The Hall–Kier alpha value is -2.12. The minimum absolute atomic E-state index is 0.116. The standard InChI is InChI=1S/C21H29N3O3S/c1-15-7-4-5-11-24(15)12-6-10-22-20(25)17-14-28-21(23-17)16-8-9-18(26-2)19(13-16)27-3/h8-9,13-15H,4-7,10-12H2,1-3H3,(H,22,25)/t15-/m0/s1. The van der Waals surface area contributed by atoms with Crippen molar-refractivity contribution in [3.05, 3.63) is 29.3 Å². The number of rotatable bonds is 8. The zero-order valence-electron chi connectivity index (χ0n) is 16.9. The lowest BCUT2D eigenvalue weighted by Crippen LogP contribution is -2.39. The van der Waals surface area contributed by atoms with Crippen molar-refractivity contribution in [2.75, 3.05) is 33.9 Å². The number of hydrogen-bond acceptors (Lipinski definition) is 6. The van der Waals surface area contributed by atoms with E-state index in [0.29, 0.717) is 29.8 Å². The molecule has 7 heteroatoms. The van der Waals surface area contributed by atoms with Crippen molar-refractivity contribution in [1.82, 2.24) is 15.2 Å². The molecule has 1 amide bonds. The molecule has 0 bridgehead atoms. The van der Waals surface area contributed by atoms with Gasteiger partial charge >= 0.3 is 0 Å². The van der Waals surface area contributed by atoms with Gasteiger partial charge in [-0.15, -0.1) is 11.3 Å². The first-order chi connectivity index (χ1) is 13.6. The molecule has 152 valence electrons. The average Bonchev–Trinajstić information content (AvgIpc) is 3.22. The van der Waals surface area contributed by atoms with Crippen molar-refractivity contribution < 1.29 is 14.3 Å². The lowest BCUT2D eigenvalue weighted by molar-refractivity contribution is 0.0944. The van der Waals surface area contributed by atoms with E-state index in [0.717, 1.165) is 23.5 Å². The highest BCUT2D eigenvalue weighted by Gasteiger charge is 2.18. The molecule has 28 heavy (non-hydrogen) atoms. The van der Waals surface area contributed by atoms with Crippen molar-refractivity contribution in [3.63, 3.8) is 0 Å². The number of thiazole rings is 1. The fourth-order valence-corrected chi connectivity index (χ4v) is 4.34. The minimum atomic E-state index is -0.116. The number of nitrogens with zero attached hydrogens (tertiary/aromatic N) is 2. The number of likely N-dealkylation sites (tertiary alicyclic amines) is 1. The smallest absolute Gasteiger partial charge is 0.270 e. The van der Waals surface area contributed by atoms with Gasteiger partial charge < -0.3 is 19.7 Å². The van der Waals surface area contributed by atoms with E-state index in [4.69, 9.17) is 9.47 Å². The number of hydrogen-bond donors (Lipinski definition) is 1. The average molecular weight is 404 g/mol. The van der Waals surface area contributed by atoms with Crippen LogP contribution in [0.2, 0.25) is 0 Å². The van der Waals surface area contributed by atoms with E-state index in [1.807, 2.05) is 18.2 Å². The number of carbonyl (C=O) groups excluding carboxylic acids is 1. The monoisotopic (exact) mass is 403 g/mol. The van der Waals surface area contributed by atoms with Gasteiger partial charge in [-0.3, -0.25) is 4.79 Å². The summed E-state index contributed by atoms with van der Waals surface area (Å²) in [5.41, 5.74) is 1.36. The van der Waals surface area contributed by atoms with Gasteiger partial charge in [0, 0.05) is 30.1 Å². The summed E-state index contributed by atoms with van der Waals surface area (Å²) in [5, 5.41) is 5.58. The number of aromatic nitrogens is 1. The maximum absolute atomic E-state index is 12.4. The summed E-state index contributed by atoms with van der Waals surface area (Å²) in [6.07, 6.45) is 4.86. The van der Waals surface area contributed by atoms with E-state index in [9.17, 15) is 4.79 Å². The molecule has 0 unspecified atom stereocenters. The number of piperidine rings is 1. The molecule has 3 rings (SSSR count). The third kappa shape index (κ3) is 5.02. The van der Waals surface area contributed by atoms with E-state index >= 15 is 0 Å². The molecular formula is C21H29N3O3S. The van der Waals surface area contributed by atoms with Gasteiger partial charge in [-0.2, -0.15) is 0 Å². The van der Waals surface area contributed by atoms with Crippen LogP contribution in [0.3, 0.4) is 0 Å². The van der Waals surface area contributed by atoms with Crippen LogP contribution in [0.25, 0.3) is 10.6 Å². The number of ether oxygens (including phenoxy) is 2. The van der Waals surface area contributed by atoms with Gasteiger partial charge in [0.1, 0.15) is 10.7 Å². The zero-order valence-corrected chi connectivity index (χ0v) is 17.7. The Morgan fingerprint density at radius 1 is 1.29 bits per heavy atom. The second-order valence-corrected chi connectivity index (χ2v) is 7.96. The summed E-state index contributed by atoms with van der Waals surface area (Å²) in [6.45, 7) is 5.18.